The van der Waals surface area contributed by atoms with E-state index in [1.54, 1.807) is 36.5 Å². The van der Waals surface area contributed by atoms with Gasteiger partial charge in [0.05, 0.1) is 24.3 Å². The molecule has 0 bridgehead atoms. The molecule has 7 nitrogen and oxygen atoms in total. The van der Waals surface area contributed by atoms with Gasteiger partial charge >= 0.3 is 5.97 Å². The van der Waals surface area contributed by atoms with Crippen molar-refractivity contribution in [2.75, 3.05) is 11.9 Å². The topological polar surface area (TPSA) is 97.8 Å². The molecule has 0 aliphatic rings. The van der Waals surface area contributed by atoms with E-state index in [-0.39, 0.29) is 23.6 Å². The van der Waals surface area contributed by atoms with Gasteiger partial charge in [-0.2, -0.15) is 0 Å². The molecule has 1 heterocycles. The fourth-order valence-electron chi connectivity index (χ4n) is 3.20. The Morgan fingerprint density at radius 1 is 0.970 bits per heavy atom. The highest BCUT2D eigenvalue weighted by molar-refractivity contribution is 6.00. The summed E-state index contributed by atoms with van der Waals surface area (Å²) >= 11 is 0. The minimum absolute atomic E-state index is 0.0414. The number of hydrogen-bond donors (Lipinski definition) is 2. The van der Waals surface area contributed by atoms with Gasteiger partial charge in [0, 0.05) is 12.3 Å². The fraction of sp³-hybridized carbons (Fsp3) is 0.269. The first kappa shape index (κ1) is 23.8. The van der Waals surface area contributed by atoms with Crippen molar-refractivity contribution in [2.45, 2.75) is 33.1 Å². The van der Waals surface area contributed by atoms with E-state index in [0.29, 0.717) is 29.7 Å². The molecule has 2 N–H and O–H groups in total. The lowest BCUT2D eigenvalue weighted by Crippen LogP contribution is -2.16. The van der Waals surface area contributed by atoms with Crippen LogP contribution in [0.1, 0.15) is 42.6 Å². The maximum atomic E-state index is 12.3. The average molecular weight is 449 g/mol. The van der Waals surface area contributed by atoms with Crippen molar-refractivity contribution in [1.29, 1.82) is 0 Å². The van der Waals surface area contributed by atoms with Crippen molar-refractivity contribution in [3.8, 4) is 17.4 Å². The molecule has 172 valence electrons. The molecule has 1 aromatic heterocycles. The van der Waals surface area contributed by atoms with Gasteiger partial charge in [0.15, 0.2) is 0 Å². The Morgan fingerprint density at radius 2 is 1.67 bits per heavy atom. The number of nitrogens with one attached hydrogen (secondary N) is 1. The number of anilines is 1. The van der Waals surface area contributed by atoms with Crippen LogP contribution in [0.25, 0.3) is 0 Å². The van der Waals surface area contributed by atoms with Gasteiger partial charge in [0.2, 0.25) is 11.8 Å². The zero-order valence-corrected chi connectivity index (χ0v) is 18.8. The van der Waals surface area contributed by atoms with Crippen molar-refractivity contribution >= 4 is 17.6 Å². The van der Waals surface area contributed by atoms with E-state index in [1.807, 2.05) is 24.3 Å². The largest absolute Gasteiger partial charge is 0.493 e. The Labute approximate surface area is 193 Å². The first-order chi connectivity index (χ1) is 16.0. The molecule has 0 aliphatic carbocycles. The molecule has 0 atom stereocenters. The molecule has 7 heteroatoms. The number of carbonyl (C=O) groups is 2. The molecule has 3 aromatic rings. The van der Waals surface area contributed by atoms with Crippen molar-refractivity contribution in [3.63, 3.8) is 0 Å². The summed E-state index contributed by atoms with van der Waals surface area (Å²) in [5, 5.41) is 11.9. The lowest BCUT2D eigenvalue weighted by molar-refractivity contribution is -0.115. The number of para-hydroxylation sites is 1. The number of pyridine rings is 1. The zero-order chi connectivity index (χ0) is 23.6. The summed E-state index contributed by atoms with van der Waals surface area (Å²) in [7, 11) is 0. The van der Waals surface area contributed by atoms with Gasteiger partial charge in [-0.3, -0.25) is 4.79 Å². The standard InChI is InChI=1S/C26H28N2O5/c1-3-18(4-2)17-32-20-10-12-21(13-11-20)33-25-14-9-19(16-27-25)15-24(29)28-23-8-6-5-7-22(23)26(30)31/h5-14,16,18H,3-4,15,17H2,1-2H3,(H,28,29)(H,30,31). The maximum Gasteiger partial charge on any atom is 0.337 e. The molecule has 0 saturated heterocycles. The predicted octanol–water partition coefficient (Wildman–Crippen LogP) is 5.57. The summed E-state index contributed by atoms with van der Waals surface area (Å²) in [6, 6.07) is 17.1. The Kier molecular flexibility index (Phi) is 8.41. The van der Waals surface area contributed by atoms with Crippen molar-refractivity contribution in [2.24, 2.45) is 5.92 Å². The van der Waals surface area contributed by atoms with E-state index in [9.17, 15) is 14.7 Å². The second kappa shape index (κ2) is 11.7. The number of carboxylic acid groups (broad SMARTS) is 1. The number of nitrogens with zero attached hydrogens (tertiary/aromatic N) is 1. The SMILES string of the molecule is CCC(CC)COc1ccc(Oc2ccc(CC(=O)Nc3ccccc3C(=O)O)cn2)cc1. The summed E-state index contributed by atoms with van der Waals surface area (Å²) in [5.41, 5.74) is 0.979. The van der Waals surface area contributed by atoms with E-state index in [2.05, 4.69) is 24.1 Å². The lowest BCUT2D eigenvalue weighted by Gasteiger charge is -2.14. The van der Waals surface area contributed by atoms with Crippen molar-refractivity contribution in [1.82, 2.24) is 4.98 Å². The molecule has 33 heavy (non-hydrogen) atoms. The zero-order valence-electron chi connectivity index (χ0n) is 18.8. The van der Waals surface area contributed by atoms with E-state index in [1.165, 1.54) is 6.07 Å². The third-order valence-corrected chi connectivity index (χ3v) is 5.28. The third-order valence-electron chi connectivity index (χ3n) is 5.28. The monoisotopic (exact) mass is 448 g/mol. The highest BCUT2D eigenvalue weighted by atomic mass is 16.5. The minimum Gasteiger partial charge on any atom is -0.493 e. The Morgan fingerprint density at radius 3 is 2.30 bits per heavy atom. The average Bonchev–Trinajstić information content (AvgIpc) is 2.82. The molecule has 0 fully saturated rings. The van der Waals surface area contributed by atoms with Crippen LogP contribution in [-0.2, 0) is 11.2 Å². The molecule has 0 saturated carbocycles. The number of hydrogen-bond acceptors (Lipinski definition) is 5. The normalized spacial score (nSPS) is 10.6. The molecule has 0 spiro atoms. The number of rotatable bonds is 11. The molecule has 0 unspecified atom stereocenters. The quantitative estimate of drug-likeness (QED) is 0.398. The predicted molar refractivity (Wildman–Crippen MR) is 126 cm³/mol. The summed E-state index contributed by atoms with van der Waals surface area (Å²) < 4.78 is 11.6. The first-order valence-electron chi connectivity index (χ1n) is 11.0. The van der Waals surface area contributed by atoms with Gasteiger partial charge in [-0.1, -0.05) is 44.9 Å². The molecule has 3 rings (SSSR count). The van der Waals surface area contributed by atoms with Crippen LogP contribution in [0.3, 0.4) is 0 Å². The van der Waals surface area contributed by atoms with Crippen LogP contribution >= 0.6 is 0 Å². The summed E-state index contributed by atoms with van der Waals surface area (Å²) in [6.07, 6.45) is 3.81. The highest BCUT2D eigenvalue weighted by Gasteiger charge is 2.12. The van der Waals surface area contributed by atoms with Gasteiger partial charge in [0.1, 0.15) is 11.5 Å². The Hall–Kier alpha value is -3.87. The van der Waals surface area contributed by atoms with Crippen LogP contribution in [0, 0.1) is 5.92 Å². The van der Waals surface area contributed by atoms with Gasteiger partial charge < -0.3 is 19.9 Å². The highest BCUT2D eigenvalue weighted by Crippen LogP contribution is 2.23. The van der Waals surface area contributed by atoms with E-state index in [4.69, 9.17) is 9.47 Å². The van der Waals surface area contributed by atoms with E-state index < -0.39 is 5.97 Å². The molecule has 0 radical (unpaired) electrons. The van der Waals surface area contributed by atoms with Crippen molar-refractivity contribution in [3.05, 3.63) is 78.0 Å². The summed E-state index contributed by atoms with van der Waals surface area (Å²) in [6.45, 7) is 5.03. The number of aromatic carboxylic acids is 1. The Bertz CT molecular complexity index is 1060. The molecular weight excluding hydrogens is 420 g/mol. The fourth-order valence-corrected chi connectivity index (χ4v) is 3.20. The van der Waals surface area contributed by atoms with Gasteiger partial charge in [-0.05, 0) is 47.9 Å². The van der Waals surface area contributed by atoms with Crippen LogP contribution in [0.2, 0.25) is 0 Å². The smallest absolute Gasteiger partial charge is 0.337 e. The number of benzene rings is 2. The summed E-state index contributed by atoms with van der Waals surface area (Å²) in [5.74, 6) is 0.961. The second-order valence-electron chi connectivity index (χ2n) is 7.65. The van der Waals surface area contributed by atoms with Crippen LogP contribution in [-0.4, -0.2) is 28.6 Å². The van der Waals surface area contributed by atoms with Gasteiger partial charge in [-0.15, -0.1) is 0 Å². The van der Waals surface area contributed by atoms with Gasteiger partial charge in [0.25, 0.3) is 0 Å². The number of carbonyl (C=O) groups excluding carboxylic acids is 1. The van der Waals surface area contributed by atoms with Crippen molar-refractivity contribution < 1.29 is 24.2 Å². The third kappa shape index (κ3) is 7.07. The minimum atomic E-state index is -1.10. The number of carboxylic acids is 1. The van der Waals surface area contributed by atoms with Crippen LogP contribution < -0.4 is 14.8 Å². The van der Waals surface area contributed by atoms with Crippen LogP contribution in [0.5, 0.6) is 17.4 Å². The summed E-state index contributed by atoms with van der Waals surface area (Å²) in [4.78, 5) is 27.8. The number of amides is 1. The first-order valence-corrected chi connectivity index (χ1v) is 11.0. The number of aromatic nitrogens is 1. The molecule has 0 aliphatic heterocycles. The van der Waals surface area contributed by atoms with Gasteiger partial charge in [-0.25, -0.2) is 9.78 Å². The van der Waals surface area contributed by atoms with Crippen LogP contribution in [0.4, 0.5) is 5.69 Å². The Balaban J connectivity index is 1.53. The molecule has 2 aromatic carbocycles. The lowest BCUT2D eigenvalue weighted by atomic mass is 10.1. The second-order valence-corrected chi connectivity index (χ2v) is 7.65. The number of ether oxygens (including phenoxy) is 2. The maximum absolute atomic E-state index is 12.3. The van der Waals surface area contributed by atoms with Crippen LogP contribution in [0.15, 0.2) is 66.9 Å². The molecular formula is C26H28N2O5. The van der Waals surface area contributed by atoms with E-state index in [0.717, 1.165) is 18.6 Å². The van der Waals surface area contributed by atoms with E-state index >= 15 is 0 Å². The molecule has 1 amide bonds.